The lowest BCUT2D eigenvalue weighted by atomic mass is 10.0. The van der Waals surface area contributed by atoms with Crippen molar-refractivity contribution in [2.75, 3.05) is 18.0 Å². The molecule has 7 heteroatoms. The molecule has 0 spiro atoms. The predicted molar refractivity (Wildman–Crippen MR) is 115 cm³/mol. The van der Waals surface area contributed by atoms with Crippen LogP contribution in [0.2, 0.25) is 0 Å². The molecule has 0 unspecified atom stereocenters. The summed E-state index contributed by atoms with van der Waals surface area (Å²) in [7, 11) is 1.84. The Bertz CT molecular complexity index is 1010. The average molecular weight is 403 g/mol. The van der Waals surface area contributed by atoms with Gasteiger partial charge in [-0.05, 0) is 37.8 Å². The van der Waals surface area contributed by atoms with Gasteiger partial charge >= 0.3 is 0 Å². The van der Waals surface area contributed by atoms with Crippen LogP contribution >= 0.6 is 0 Å². The minimum absolute atomic E-state index is 0.0608. The number of aromatic nitrogens is 4. The van der Waals surface area contributed by atoms with Gasteiger partial charge in [0.2, 0.25) is 0 Å². The Labute approximate surface area is 176 Å². The van der Waals surface area contributed by atoms with Crippen molar-refractivity contribution in [2.24, 2.45) is 7.05 Å². The van der Waals surface area contributed by atoms with E-state index in [1.54, 1.807) is 11.0 Å². The van der Waals surface area contributed by atoms with Crippen LogP contribution < -0.4 is 4.90 Å². The number of hydrogen-bond donors (Lipinski definition) is 0. The highest BCUT2D eigenvalue weighted by molar-refractivity contribution is 5.93. The van der Waals surface area contributed by atoms with Crippen molar-refractivity contribution in [3.63, 3.8) is 0 Å². The minimum atomic E-state index is 0.0608. The molecule has 2 aliphatic rings. The van der Waals surface area contributed by atoms with Gasteiger partial charge in [-0.1, -0.05) is 30.3 Å². The van der Waals surface area contributed by atoms with E-state index in [2.05, 4.69) is 20.0 Å². The third-order valence-electron chi connectivity index (χ3n) is 6.08. The van der Waals surface area contributed by atoms with Crippen molar-refractivity contribution < 1.29 is 4.79 Å². The van der Waals surface area contributed by atoms with Crippen molar-refractivity contribution in [3.05, 3.63) is 60.7 Å². The first-order valence-corrected chi connectivity index (χ1v) is 10.6. The van der Waals surface area contributed by atoms with Gasteiger partial charge in [-0.2, -0.15) is 5.10 Å². The summed E-state index contributed by atoms with van der Waals surface area (Å²) in [6.07, 6.45) is 7.78. The van der Waals surface area contributed by atoms with Crippen LogP contribution in [0.5, 0.6) is 0 Å². The van der Waals surface area contributed by atoms with Crippen molar-refractivity contribution in [1.29, 1.82) is 0 Å². The molecule has 3 heterocycles. The van der Waals surface area contributed by atoms with E-state index in [1.807, 2.05) is 60.6 Å². The van der Waals surface area contributed by atoms with Crippen LogP contribution in [-0.4, -0.2) is 55.7 Å². The number of amides is 1. The van der Waals surface area contributed by atoms with Crippen LogP contribution in [-0.2, 0) is 7.05 Å². The zero-order chi connectivity index (χ0) is 20.5. The van der Waals surface area contributed by atoms with Crippen molar-refractivity contribution >= 4 is 11.7 Å². The fraction of sp³-hybridized carbons (Fsp3) is 0.391. The first-order chi connectivity index (χ1) is 14.7. The third-order valence-corrected chi connectivity index (χ3v) is 6.08. The number of anilines is 1. The number of piperidine rings is 1. The summed E-state index contributed by atoms with van der Waals surface area (Å²) in [5, 5.41) is 4.56. The Hall–Kier alpha value is -3.22. The van der Waals surface area contributed by atoms with Gasteiger partial charge in [0.1, 0.15) is 17.8 Å². The summed E-state index contributed by atoms with van der Waals surface area (Å²) in [5.41, 5.74) is 2.50. The van der Waals surface area contributed by atoms with Gasteiger partial charge in [0.05, 0.1) is 5.69 Å². The molecule has 0 N–H and O–H groups in total. The summed E-state index contributed by atoms with van der Waals surface area (Å²) in [5.74, 6) is 1.07. The molecule has 2 fully saturated rings. The highest BCUT2D eigenvalue weighted by atomic mass is 16.2. The number of nitrogens with zero attached hydrogens (tertiary/aromatic N) is 6. The van der Waals surface area contributed by atoms with E-state index in [4.69, 9.17) is 0 Å². The summed E-state index contributed by atoms with van der Waals surface area (Å²) in [6, 6.07) is 14.9. The van der Waals surface area contributed by atoms with E-state index in [0.29, 0.717) is 17.8 Å². The Morgan fingerprint density at radius 3 is 2.43 bits per heavy atom. The average Bonchev–Trinajstić information content (AvgIpc) is 3.55. The largest absolute Gasteiger partial charge is 0.350 e. The molecular formula is C23H26N6O. The molecule has 154 valence electrons. The Kier molecular flexibility index (Phi) is 4.94. The van der Waals surface area contributed by atoms with Crippen LogP contribution in [0, 0.1) is 0 Å². The molecule has 1 aromatic carbocycles. The summed E-state index contributed by atoms with van der Waals surface area (Å²) >= 11 is 0. The quantitative estimate of drug-likeness (QED) is 0.656. The highest BCUT2D eigenvalue weighted by Crippen LogP contribution is 2.35. The van der Waals surface area contributed by atoms with Gasteiger partial charge in [-0.25, -0.2) is 9.97 Å². The standard InChI is InChI=1S/C23H26N6O/c1-27-21(15-20(26-27)17-5-3-2-4-6-17)23(30)28-13-10-19(11-14-28)29(18-7-8-18)22-9-12-24-16-25-22/h2-6,9,12,15-16,18-19H,7-8,10-11,13-14H2,1H3. The fourth-order valence-electron chi connectivity index (χ4n) is 4.39. The van der Waals surface area contributed by atoms with Gasteiger partial charge in [0.25, 0.3) is 5.91 Å². The van der Waals surface area contributed by atoms with E-state index >= 15 is 0 Å². The lowest BCUT2D eigenvalue weighted by Gasteiger charge is -2.39. The summed E-state index contributed by atoms with van der Waals surface area (Å²) < 4.78 is 1.70. The summed E-state index contributed by atoms with van der Waals surface area (Å²) in [6.45, 7) is 1.51. The maximum absolute atomic E-state index is 13.2. The molecule has 0 radical (unpaired) electrons. The molecule has 7 nitrogen and oxygen atoms in total. The van der Waals surface area contributed by atoms with E-state index in [9.17, 15) is 4.79 Å². The number of carbonyl (C=O) groups is 1. The minimum Gasteiger partial charge on any atom is -0.350 e. The lowest BCUT2D eigenvalue weighted by molar-refractivity contribution is 0.0700. The fourth-order valence-corrected chi connectivity index (χ4v) is 4.39. The van der Waals surface area contributed by atoms with Crippen LogP contribution in [0.15, 0.2) is 55.0 Å². The smallest absolute Gasteiger partial charge is 0.272 e. The van der Waals surface area contributed by atoms with Gasteiger partial charge in [-0.3, -0.25) is 9.48 Å². The molecule has 0 atom stereocenters. The van der Waals surface area contributed by atoms with Gasteiger partial charge < -0.3 is 9.80 Å². The molecule has 5 rings (SSSR count). The number of carbonyl (C=O) groups excluding carboxylic acids is 1. The van der Waals surface area contributed by atoms with Crippen LogP contribution in [0.1, 0.15) is 36.2 Å². The molecule has 3 aromatic rings. The van der Waals surface area contributed by atoms with Gasteiger partial charge in [-0.15, -0.1) is 0 Å². The first-order valence-electron chi connectivity index (χ1n) is 10.6. The summed E-state index contributed by atoms with van der Waals surface area (Å²) in [4.78, 5) is 26.2. The molecule has 0 bridgehead atoms. The lowest BCUT2D eigenvalue weighted by Crippen LogP contribution is -2.48. The molecule has 1 amide bonds. The number of aryl methyl sites for hydroxylation is 1. The predicted octanol–water partition coefficient (Wildman–Crippen LogP) is 3.15. The maximum Gasteiger partial charge on any atom is 0.272 e. The second-order valence-electron chi connectivity index (χ2n) is 8.13. The number of likely N-dealkylation sites (tertiary alicyclic amines) is 1. The van der Waals surface area contributed by atoms with Crippen LogP contribution in [0.25, 0.3) is 11.3 Å². The monoisotopic (exact) mass is 402 g/mol. The Morgan fingerprint density at radius 2 is 1.77 bits per heavy atom. The molecule has 1 saturated heterocycles. The third kappa shape index (κ3) is 3.67. The topological polar surface area (TPSA) is 67.2 Å². The van der Waals surface area contributed by atoms with Crippen molar-refractivity contribution in [2.45, 2.75) is 37.8 Å². The normalized spacial score (nSPS) is 17.2. The molecular weight excluding hydrogens is 376 g/mol. The molecule has 1 saturated carbocycles. The maximum atomic E-state index is 13.2. The Morgan fingerprint density at radius 1 is 1.03 bits per heavy atom. The van der Waals surface area contributed by atoms with Crippen LogP contribution in [0.3, 0.4) is 0 Å². The number of benzene rings is 1. The van der Waals surface area contributed by atoms with E-state index in [0.717, 1.165) is 43.0 Å². The van der Waals surface area contributed by atoms with E-state index < -0.39 is 0 Å². The zero-order valence-corrected chi connectivity index (χ0v) is 17.2. The van der Waals surface area contributed by atoms with Crippen molar-refractivity contribution in [1.82, 2.24) is 24.6 Å². The Balaban J connectivity index is 1.28. The van der Waals surface area contributed by atoms with Crippen LogP contribution in [0.4, 0.5) is 5.82 Å². The number of hydrogen-bond acceptors (Lipinski definition) is 5. The zero-order valence-electron chi connectivity index (χ0n) is 17.2. The van der Waals surface area contributed by atoms with E-state index in [-0.39, 0.29) is 5.91 Å². The SMILES string of the molecule is Cn1nc(-c2ccccc2)cc1C(=O)N1CCC(N(c2ccncn2)C2CC2)CC1. The second kappa shape index (κ2) is 7.89. The molecule has 2 aromatic heterocycles. The highest BCUT2D eigenvalue weighted by Gasteiger charge is 2.37. The number of rotatable bonds is 5. The first kappa shape index (κ1) is 18.8. The van der Waals surface area contributed by atoms with E-state index in [1.165, 1.54) is 12.8 Å². The molecule has 1 aliphatic heterocycles. The second-order valence-corrected chi connectivity index (χ2v) is 8.13. The van der Waals surface area contributed by atoms with Crippen molar-refractivity contribution in [3.8, 4) is 11.3 Å². The van der Waals surface area contributed by atoms with Gasteiger partial charge in [0, 0.05) is 44.0 Å². The van der Waals surface area contributed by atoms with Gasteiger partial charge in [0.15, 0.2) is 0 Å². The molecule has 1 aliphatic carbocycles. The molecule has 30 heavy (non-hydrogen) atoms.